The van der Waals surface area contributed by atoms with Crippen LogP contribution >= 0.6 is 0 Å². The number of nitrogens with zero attached hydrogens (tertiary/aromatic N) is 3. The first kappa shape index (κ1) is 21.1. The van der Waals surface area contributed by atoms with Gasteiger partial charge in [0.25, 0.3) is 5.91 Å². The molecule has 0 aliphatic rings. The van der Waals surface area contributed by atoms with E-state index in [0.717, 1.165) is 18.5 Å². The van der Waals surface area contributed by atoms with Gasteiger partial charge in [-0.05, 0) is 39.0 Å². The van der Waals surface area contributed by atoms with E-state index in [1.807, 2.05) is 0 Å². The average Bonchev–Trinajstić information content (AvgIpc) is 3.22. The van der Waals surface area contributed by atoms with Gasteiger partial charge in [0.2, 0.25) is 0 Å². The topological polar surface area (TPSA) is 110 Å². The molecule has 3 rings (SSSR count). The molecule has 0 aliphatic heterocycles. The number of carboxylic acid groups (broad SMARTS) is 1. The normalized spacial score (nSPS) is 12.6. The van der Waals surface area contributed by atoms with Gasteiger partial charge < -0.3 is 14.8 Å². The summed E-state index contributed by atoms with van der Waals surface area (Å²) in [7, 11) is 0. The molecule has 2 heterocycles. The lowest BCUT2D eigenvalue weighted by Gasteiger charge is -2.15. The van der Waals surface area contributed by atoms with Gasteiger partial charge in [-0.2, -0.15) is 18.3 Å². The van der Waals surface area contributed by atoms with Crippen LogP contribution in [0.15, 0.2) is 35.1 Å². The van der Waals surface area contributed by atoms with E-state index < -0.39 is 29.7 Å². The number of oxazole rings is 1. The fraction of sp³-hybridized carbons (Fsp3) is 0.263. The molecule has 2 N–H and O–H groups in total. The second-order valence-corrected chi connectivity index (χ2v) is 6.55. The van der Waals surface area contributed by atoms with Crippen molar-refractivity contribution >= 4 is 11.9 Å². The quantitative estimate of drug-likeness (QED) is 0.653. The van der Waals surface area contributed by atoms with Crippen LogP contribution < -0.4 is 5.32 Å². The summed E-state index contributed by atoms with van der Waals surface area (Å²) in [5, 5.41) is 16.2. The number of rotatable bonds is 5. The summed E-state index contributed by atoms with van der Waals surface area (Å²) in [6.45, 7) is 4.52. The molecular formula is C19H17F3N4O4. The second-order valence-electron chi connectivity index (χ2n) is 6.55. The number of alkyl halides is 3. The highest BCUT2D eigenvalue weighted by Gasteiger charge is 2.32. The molecule has 0 bridgehead atoms. The number of amides is 1. The van der Waals surface area contributed by atoms with Crippen LogP contribution in [0.4, 0.5) is 13.2 Å². The van der Waals surface area contributed by atoms with Crippen LogP contribution in [0.3, 0.4) is 0 Å². The van der Waals surface area contributed by atoms with Crippen molar-refractivity contribution < 1.29 is 32.3 Å². The van der Waals surface area contributed by atoms with E-state index in [1.165, 1.54) is 37.6 Å². The lowest BCUT2D eigenvalue weighted by molar-refractivity contribution is -0.139. The number of aryl methyl sites for hydroxylation is 2. The number of carbonyl (C=O) groups excluding carboxylic acids is 1. The third-order valence-electron chi connectivity index (χ3n) is 4.54. The van der Waals surface area contributed by atoms with Gasteiger partial charge in [-0.3, -0.25) is 4.79 Å². The average molecular weight is 422 g/mol. The van der Waals surface area contributed by atoms with Gasteiger partial charge in [0.05, 0.1) is 16.9 Å². The molecule has 2 aromatic heterocycles. The fourth-order valence-electron chi connectivity index (χ4n) is 3.12. The minimum atomic E-state index is -4.54. The van der Waals surface area contributed by atoms with Gasteiger partial charge in [0.15, 0.2) is 18.1 Å². The largest absolute Gasteiger partial charge is 0.479 e. The van der Waals surface area contributed by atoms with Crippen molar-refractivity contribution in [3.05, 3.63) is 64.6 Å². The molecule has 0 spiro atoms. The number of benzene rings is 1. The van der Waals surface area contributed by atoms with Crippen LogP contribution in [-0.4, -0.2) is 31.7 Å². The fourth-order valence-corrected chi connectivity index (χ4v) is 3.12. The number of hydrogen-bond donors (Lipinski definition) is 2. The maximum absolute atomic E-state index is 13.0. The van der Waals surface area contributed by atoms with E-state index in [4.69, 9.17) is 4.42 Å². The van der Waals surface area contributed by atoms with Gasteiger partial charge >= 0.3 is 12.1 Å². The number of aromatic nitrogens is 3. The van der Waals surface area contributed by atoms with E-state index in [-0.39, 0.29) is 34.1 Å². The Bertz CT molecular complexity index is 1120. The zero-order valence-corrected chi connectivity index (χ0v) is 16.1. The van der Waals surface area contributed by atoms with Gasteiger partial charge in [-0.15, -0.1) is 0 Å². The monoisotopic (exact) mass is 422 g/mol. The zero-order chi connectivity index (χ0) is 22.2. The van der Waals surface area contributed by atoms with Gasteiger partial charge in [0, 0.05) is 11.3 Å². The van der Waals surface area contributed by atoms with Gasteiger partial charge in [-0.1, -0.05) is 6.07 Å². The van der Waals surface area contributed by atoms with Crippen molar-refractivity contribution in [2.75, 3.05) is 0 Å². The predicted octanol–water partition coefficient (Wildman–Crippen LogP) is 3.36. The number of aliphatic carboxylic acids is 1. The Morgan fingerprint density at radius 1 is 1.23 bits per heavy atom. The summed E-state index contributed by atoms with van der Waals surface area (Å²) < 4.78 is 45.3. The third kappa shape index (κ3) is 3.91. The SMILES string of the molecule is Cc1nn(-c2cccc(C(F)(F)F)c2)c(C)c1[C@@H](NC(=O)c1ncoc1C)C(=O)O. The minimum absolute atomic E-state index is 0.0678. The van der Waals surface area contributed by atoms with Crippen LogP contribution in [0.25, 0.3) is 5.69 Å². The van der Waals surface area contributed by atoms with Crippen molar-refractivity contribution in [1.82, 2.24) is 20.1 Å². The molecular weight excluding hydrogens is 405 g/mol. The third-order valence-corrected chi connectivity index (χ3v) is 4.54. The van der Waals surface area contributed by atoms with E-state index in [0.29, 0.717) is 0 Å². The smallest absolute Gasteiger partial charge is 0.416 e. The zero-order valence-electron chi connectivity index (χ0n) is 16.1. The molecule has 3 aromatic rings. The predicted molar refractivity (Wildman–Crippen MR) is 97.1 cm³/mol. The first-order chi connectivity index (χ1) is 14.0. The van der Waals surface area contributed by atoms with Crippen LogP contribution in [0.5, 0.6) is 0 Å². The number of nitrogens with one attached hydrogen (secondary N) is 1. The van der Waals surface area contributed by atoms with Gasteiger partial charge in [0.1, 0.15) is 5.76 Å². The maximum Gasteiger partial charge on any atom is 0.416 e. The molecule has 30 heavy (non-hydrogen) atoms. The summed E-state index contributed by atoms with van der Waals surface area (Å²) in [5.41, 5.74) is -0.139. The Morgan fingerprint density at radius 2 is 1.93 bits per heavy atom. The number of hydrogen-bond acceptors (Lipinski definition) is 5. The van der Waals surface area contributed by atoms with Crippen LogP contribution in [-0.2, 0) is 11.0 Å². The number of carboxylic acids is 1. The summed E-state index contributed by atoms with van der Waals surface area (Å²) in [6.07, 6.45) is -3.48. The highest BCUT2D eigenvalue weighted by molar-refractivity contribution is 5.96. The summed E-state index contributed by atoms with van der Waals surface area (Å²) in [6, 6.07) is 3.00. The van der Waals surface area contributed by atoms with Gasteiger partial charge in [-0.25, -0.2) is 14.5 Å². The molecule has 158 valence electrons. The molecule has 1 amide bonds. The van der Waals surface area contributed by atoms with Crippen LogP contribution in [0, 0.1) is 20.8 Å². The lowest BCUT2D eigenvalue weighted by Crippen LogP contribution is -2.35. The first-order valence-corrected chi connectivity index (χ1v) is 8.68. The van der Waals surface area contributed by atoms with E-state index in [2.05, 4.69) is 15.4 Å². The molecule has 0 unspecified atom stereocenters. The molecule has 1 aromatic carbocycles. The molecule has 8 nitrogen and oxygen atoms in total. The van der Waals surface area contributed by atoms with Crippen LogP contribution in [0.1, 0.15) is 44.8 Å². The van der Waals surface area contributed by atoms with Crippen molar-refractivity contribution in [2.45, 2.75) is 33.0 Å². The second kappa shape index (κ2) is 7.65. The Balaban J connectivity index is 2.02. The highest BCUT2D eigenvalue weighted by Crippen LogP contribution is 2.31. The van der Waals surface area contributed by atoms with Crippen molar-refractivity contribution in [2.24, 2.45) is 0 Å². The Hall–Kier alpha value is -3.63. The molecule has 0 aliphatic carbocycles. The number of halogens is 3. The first-order valence-electron chi connectivity index (χ1n) is 8.68. The highest BCUT2D eigenvalue weighted by atomic mass is 19.4. The summed E-state index contributed by atoms with van der Waals surface area (Å²) >= 11 is 0. The molecule has 0 saturated carbocycles. The number of carbonyl (C=O) groups is 2. The molecule has 1 atom stereocenters. The summed E-state index contributed by atoms with van der Waals surface area (Å²) in [4.78, 5) is 28.1. The molecule has 11 heteroatoms. The lowest BCUT2D eigenvalue weighted by atomic mass is 10.0. The Kier molecular flexibility index (Phi) is 5.38. The van der Waals surface area contributed by atoms with Crippen LogP contribution in [0.2, 0.25) is 0 Å². The minimum Gasteiger partial charge on any atom is -0.479 e. The van der Waals surface area contributed by atoms with E-state index >= 15 is 0 Å². The van der Waals surface area contributed by atoms with E-state index in [1.54, 1.807) is 0 Å². The van der Waals surface area contributed by atoms with E-state index in [9.17, 15) is 27.9 Å². The Labute approximate surface area is 168 Å². The van der Waals surface area contributed by atoms with Crippen molar-refractivity contribution in [3.63, 3.8) is 0 Å². The summed E-state index contributed by atoms with van der Waals surface area (Å²) in [5.74, 6) is -1.91. The maximum atomic E-state index is 13.0. The van der Waals surface area contributed by atoms with Crippen molar-refractivity contribution in [1.29, 1.82) is 0 Å². The standard InChI is InChI=1S/C19H17F3N4O4/c1-9-14(16(18(28)29)24-17(27)15-11(3)30-8-23-15)10(2)26(25-9)13-6-4-5-12(7-13)19(20,21)22/h4-8,16H,1-3H3,(H,24,27)(H,28,29)/t16-/m1/s1. The molecule has 0 radical (unpaired) electrons. The molecule has 0 fully saturated rings. The molecule has 0 saturated heterocycles. The van der Waals surface area contributed by atoms with Crippen molar-refractivity contribution in [3.8, 4) is 5.69 Å². The Morgan fingerprint density at radius 3 is 2.50 bits per heavy atom.